The highest BCUT2D eigenvalue weighted by molar-refractivity contribution is 7.89. The summed E-state index contributed by atoms with van der Waals surface area (Å²) in [6.45, 7) is 3.18. The minimum Gasteiger partial charge on any atom is -0.492 e. The number of aromatic nitrogens is 1. The number of esters is 1. The van der Waals surface area contributed by atoms with Crippen LogP contribution in [0.1, 0.15) is 10.5 Å². The van der Waals surface area contributed by atoms with E-state index in [2.05, 4.69) is 14.6 Å². The number of rotatable bonds is 7. The molecule has 1 aliphatic heterocycles. The number of benzene rings is 1. The molecule has 2 heterocycles. The monoisotopic (exact) mass is 427 g/mol. The minimum atomic E-state index is -3.65. The van der Waals surface area contributed by atoms with Gasteiger partial charge in [-0.2, -0.15) is 4.31 Å². The lowest BCUT2D eigenvalue weighted by molar-refractivity contribution is 0.0594. The fraction of sp³-hybridized carbons (Fsp3) is 0.389. The van der Waals surface area contributed by atoms with Crippen molar-refractivity contribution in [1.82, 2.24) is 14.2 Å². The first kappa shape index (κ1) is 20.7. The molecule has 0 amide bonds. The SMILES string of the molecule is COC(=O)c1cc(S(=O)(=O)N2CCN(CCOc3ccc(Cl)cc3)CC2)c[nH]1. The zero-order valence-electron chi connectivity index (χ0n) is 15.4. The third kappa shape index (κ3) is 4.85. The van der Waals surface area contributed by atoms with Gasteiger partial charge < -0.3 is 14.5 Å². The number of nitrogens with zero attached hydrogens (tertiary/aromatic N) is 2. The van der Waals surface area contributed by atoms with Crippen LogP contribution >= 0.6 is 11.6 Å². The Balaban J connectivity index is 1.49. The molecule has 1 aliphatic rings. The number of halogens is 1. The number of piperazine rings is 1. The number of carbonyl (C=O) groups excluding carboxylic acids is 1. The maximum atomic E-state index is 12.7. The van der Waals surface area contributed by atoms with Gasteiger partial charge in [0.1, 0.15) is 22.9 Å². The minimum absolute atomic E-state index is 0.0624. The van der Waals surface area contributed by atoms with Crippen molar-refractivity contribution in [3.05, 3.63) is 47.2 Å². The molecule has 0 unspecified atom stereocenters. The zero-order chi connectivity index (χ0) is 20.1. The summed E-state index contributed by atoms with van der Waals surface area (Å²) >= 11 is 5.84. The normalized spacial score (nSPS) is 16.1. The number of ether oxygens (including phenoxy) is 2. The smallest absolute Gasteiger partial charge is 0.354 e. The number of methoxy groups -OCH3 is 1. The average Bonchev–Trinajstić information content (AvgIpc) is 3.20. The molecule has 0 radical (unpaired) electrons. The molecule has 28 heavy (non-hydrogen) atoms. The lowest BCUT2D eigenvalue weighted by Gasteiger charge is -2.33. The van der Waals surface area contributed by atoms with Gasteiger partial charge in [-0.05, 0) is 30.3 Å². The molecule has 0 bridgehead atoms. The molecule has 152 valence electrons. The van der Waals surface area contributed by atoms with Crippen molar-refractivity contribution in [2.45, 2.75) is 4.90 Å². The van der Waals surface area contributed by atoms with E-state index < -0.39 is 16.0 Å². The Bertz CT molecular complexity index is 906. The summed E-state index contributed by atoms with van der Waals surface area (Å²) in [4.78, 5) is 16.4. The number of hydrogen-bond acceptors (Lipinski definition) is 6. The Morgan fingerprint density at radius 3 is 2.50 bits per heavy atom. The van der Waals surface area contributed by atoms with Gasteiger partial charge in [0, 0.05) is 43.9 Å². The topological polar surface area (TPSA) is 91.9 Å². The van der Waals surface area contributed by atoms with Crippen LogP contribution in [0.2, 0.25) is 5.02 Å². The molecule has 8 nitrogen and oxygen atoms in total. The first-order valence-electron chi connectivity index (χ1n) is 8.78. The Morgan fingerprint density at radius 1 is 1.18 bits per heavy atom. The third-order valence-electron chi connectivity index (χ3n) is 4.52. The standard InChI is InChI=1S/C18H22ClN3O5S/c1-26-18(23)17-12-16(13-20-17)28(24,25)22-8-6-21(7-9-22)10-11-27-15-4-2-14(19)3-5-15/h2-5,12-13,20H,6-11H2,1H3. The van der Waals surface area contributed by atoms with Crippen LogP contribution in [0, 0.1) is 0 Å². The van der Waals surface area contributed by atoms with Crippen molar-refractivity contribution in [2.75, 3.05) is 46.4 Å². The number of carbonyl (C=O) groups is 1. The second-order valence-corrected chi connectivity index (χ2v) is 8.66. The van der Waals surface area contributed by atoms with Crippen molar-refractivity contribution >= 4 is 27.6 Å². The average molecular weight is 428 g/mol. The molecule has 3 rings (SSSR count). The molecule has 1 fully saturated rings. The first-order valence-corrected chi connectivity index (χ1v) is 10.6. The number of sulfonamides is 1. The van der Waals surface area contributed by atoms with Crippen LogP contribution < -0.4 is 4.74 Å². The molecular formula is C18H22ClN3O5S. The summed E-state index contributed by atoms with van der Waals surface area (Å²) in [5.74, 6) is 0.145. The predicted molar refractivity (Wildman–Crippen MR) is 104 cm³/mol. The largest absolute Gasteiger partial charge is 0.492 e. The van der Waals surface area contributed by atoms with Crippen LogP contribution in [0.5, 0.6) is 5.75 Å². The van der Waals surface area contributed by atoms with Crippen LogP contribution in [0.3, 0.4) is 0 Å². The van der Waals surface area contributed by atoms with E-state index in [0.29, 0.717) is 44.4 Å². The predicted octanol–water partition coefficient (Wildman–Crippen LogP) is 1.84. The number of H-pyrrole nitrogens is 1. The van der Waals surface area contributed by atoms with E-state index in [1.54, 1.807) is 12.1 Å². The van der Waals surface area contributed by atoms with Gasteiger partial charge in [-0.1, -0.05) is 11.6 Å². The highest BCUT2D eigenvalue weighted by Crippen LogP contribution is 2.19. The summed E-state index contributed by atoms with van der Waals surface area (Å²) < 4.78 is 37.2. The van der Waals surface area contributed by atoms with E-state index in [9.17, 15) is 13.2 Å². The molecule has 1 aromatic heterocycles. The van der Waals surface area contributed by atoms with Crippen molar-refractivity contribution in [3.8, 4) is 5.75 Å². The van der Waals surface area contributed by atoms with Crippen LogP contribution in [0.15, 0.2) is 41.4 Å². The van der Waals surface area contributed by atoms with Gasteiger partial charge >= 0.3 is 5.97 Å². The van der Waals surface area contributed by atoms with Gasteiger partial charge in [-0.3, -0.25) is 4.90 Å². The van der Waals surface area contributed by atoms with Crippen LogP contribution in [-0.4, -0.2) is 75.0 Å². The third-order valence-corrected chi connectivity index (χ3v) is 6.65. The Labute approximate surface area is 169 Å². The summed E-state index contributed by atoms with van der Waals surface area (Å²) in [6.07, 6.45) is 1.31. The maximum absolute atomic E-state index is 12.7. The molecule has 2 aromatic rings. The molecular weight excluding hydrogens is 406 g/mol. The van der Waals surface area contributed by atoms with Crippen molar-refractivity contribution < 1.29 is 22.7 Å². The molecule has 0 atom stereocenters. The first-order chi connectivity index (χ1) is 13.4. The van der Waals surface area contributed by atoms with Crippen molar-refractivity contribution in [2.24, 2.45) is 0 Å². The summed E-state index contributed by atoms with van der Waals surface area (Å²) in [5.41, 5.74) is 0.110. The number of nitrogens with one attached hydrogen (secondary N) is 1. The fourth-order valence-electron chi connectivity index (χ4n) is 2.92. The van der Waals surface area contributed by atoms with Gasteiger partial charge in [-0.15, -0.1) is 0 Å². The van der Waals surface area contributed by atoms with Crippen LogP contribution in [-0.2, 0) is 14.8 Å². The Hall–Kier alpha value is -2.07. The van der Waals surface area contributed by atoms with Gasteiger partial charge in [0.15, 0.2) is 0 Å². The maximum Gasteiger partial charge on any atom is 0.354 e. The second kappa shape index (κ2) is 8.95. The molecule has 1 saturated heterocycles. The van der Waals surface area contributed by atoms with E-state index in [0.717, 1.165) is 5.75 Å². The Kier molecular flexibility index (Phi) is 6.61. The van der Waals surface area contributed by atoms with Gasteiger partial charge in [-0.25, -0.2) is 13.2 Å². The van der Waals surface area contributed by atoms with E-state index in [-0.39, 0.29) is 10.6 Å². The zero-order valence-corrected chi connectivity index (χ0v) is 17.0. The molecule has 0 spiro atoms. The van der Waals surface area contributed by atoms with E-state index >= 15 is 0 Å². The highest BCUT2D eigenvalue weighted by atomic mass is 35.5. The molecule has 10 heteroatoms. The molecule has 1 N–H and O–H groups in total. The molecule has 1 aromatic carbocycles. The second-order valence-electron chi connectivity index (χ2n) is 6.29. The number of hydrogen-bond donors (Lipinski definition) is 1. The van der Waals surface area contributed by atoms with Crippen LogP contribution in [0.4, 0.5) is 0 Å². The van der Waals surface area contributed by atoms with Gasteiger partial charge in [0.05, 0.1) is 7.11 Å². The number of aromatic amines is 1. The highest BCUT2D eigenvalue weighted by Gasteiger charge is 2.29. The summed E-state index contributed by atoms with van der Waals surface area (Å²) in [5, 5.41) is 0.658. The summed E-state index contributed by atoms with van der Waals surface area (Å²) in [7, 11) is -2.41. The van der Waals surface area contributed by atoms with E-state index in [1.807, 2.05) is 12.1 Å². The van der Waals surface area contributed by atoms with Gasteiger partial charge in [0.2, 0.25) is 10.0 Å². The molecule has 0 aliphatic carbocycles. The van der Waals surface area contributed by atoms with Crippen molar-refractivity contribution in [3.63, 3.8) is 0 Å². The quantitative estimate of drug-likeness (QED) is 0.678. The lowest BCUT2D eigenvalue weighted by Crippen LogP contribution is -2.49. The molecule has 0 saturated carbocycles. The Morgan fingerprint density at radius 2 is 1.86 bits per heavy atom. The van der Waals surface area contributed by atoms with E-state index in [4.69, 9.17) is 16.3 Å². The van der Waals surface area contributed by atoms with Crippen LogP contribution in [0.25, 0.3) is 0 Å². The fourth-order valence-corrected chi connectivity index (χ4v) is 4.46. The van der Waals surface area contributed by atoms with Crippen molar-refractivity contribution in [1.29, 1.82) is 0 Å². The van der Waals surface area contributed by atoms with Gasteiger partial charge in [0.25, 0.3) is 0 Å². The summed E-state index contributed by atoms with van der Waals surface area (Å²) in [6, 6.07) is 8.46. The van der Waals surface area contributed by atoms with E-state index in [1.165, 1.54) is 23.7 Å². The lowest BCUT2D eigenvalue weighted by atomic mass is 10.3.